The normalized spacial score (nSPS) is 9.64. The summed E-state index contributed by atoms with van der Waals surface area (Å²) in [6.07, 6.45) is 0. The lowest BCUT2D eigenvalue weighted by Gasteiger charge is -2.00. The first-order chi connectivity index (χ1) is 5.24. The topological polar surface area (TPSA) is 49.7 Å². The molecule has 0 bridgehead atoms. The van der Waals surface area contributed by atoms with Crippen LogP contribution in [0.3, 0.4) is 0 Å². The van der Waals surface area contributed by atoms with E-state index in [0.29, 0.717) is 5.46 Å². The molecule has 0 aliphatic carbocycles. The van der Waals surface area contributed by atoms with Gasteiger partial charge < -0.3 is 14.3 Å². The van der Waals surface area contributed by atoms with Gasteiger partial charge in [-0.2, -0.15) is 0 Å². The SMILES string of the molecule is OB(OCl)c1cccc(O)c1. The second-order valence-corrected chi connectivity index (χ2v) is 2.21. The minimum atomic E-state index is -1.19. The van der Waals surface area contributed by atoms with Crippen molar-refractivity contribution in [3.05, 3.63) is 24.3 Å². The van der Waals surface area contributed by atoms with E-state index in [0.717, 1.165) is 0 Å². The van der Waals surface area contributed by atoms with E-state index in [9.17, 15) is 0 Å². The van der Waals surface area contributed by atoms with Crippen LogP contribution in [0.5, 0.6) is 5.75 Å². The van der Waals surface area contributed by atoms with Crippen LogP contribution in [-0.4, -0.2) is 17.2 Å². The summed E-state index contributed by atoms with van der Waals surface area (Å²) < 4.78 is 4.11. The van der Waals surface area contributed by atoms with Gasteiger partial charge in [0.1, 0.15) is 5.75 Å². The van der Waals surface area contributed by atoms with Gasteiger partial charge in [-0.3, -0.25) is 0 Å². The first-order valence-corrected chi connectivity index (χ1v) is 3.29. The Labute approximate surface area is 69.5 Å². The predicted molar refractivity (Wildman–Crippen MR) is 42.7 cm³/mol. The lowest BCUT2D eigenvalue weighted by atomic mass is 9.80. The molecule has 0 heterocycles. The van der Waals surface area contributed by atoms with Crippen molar-refractivity contribution in [1.29, 1.82) is 0 Å². The average Bonchev–Trinajstić information content (AvgIpc) is 2.03. The summed E-state index contributed by atoms with van der Waals surface area (Å²) in [6, 6.07) is 6.04. The van der Waals surface area contributed by atoms with Gasteiger partial charge in [0.05, 0.1) is 0 Å². The van der Waals surface area contributed by atoms with Crippen molar-refractivity contribution < 1.29 is 14.3 Å². The summed E-state index contributed by atoms with van der Waals surface area (Å²) in [5, 5.41) is 17.9. The lowest BCUT2D eigenvalue weighted by Crippen LogP contribution is -2.30. The Kier molecular flexibility index (Phi) is 2.76. The van der Waals surface area contributed by atoms with E-state index in [1.807, 2.05) is 0 Å². The fourth-order valence-corrected chi connectivity index (χ4v) is 0.833. The van der Waals surface area contributed by atoms with Gasteiger partial charge >= 0.3 is 7.12 Å². The molecule has 0 amide bonds. The number of halogens is 1. The molecule has 5 heteroatoms. The summed E-state index contributed by atoms with van der Waals surface area (Å²) in [5.41, 5.74) is 0.417. The molecule has 0 fully saturated rings. The fraction of sp³-hybridized carbons (Fsp3) is 0. The van der Waals surface area contributed by atoms with Crippen molar-refractivity contribution in [3.63, 3.8) is 0 Å². The van der Waals surface area contributed by atoms with Crippen LogP contribution in [0.1, 0.15) is 0 Å². The van der Waals surface area contributed by atoms with Gasteiger partial charge in [0, 0.05) is 11.9 Å². The molecule has 2 N–H and O–H groups in total. The van der Waals surface area contributed by atoms with E-state index in [1.165, 1.54) is 12.1 Å². The Morgan fingerprint density at radius 3 is 2.73 bits per heavy atom. The van der Waals surface area contributed by atoms with Gasteiger partial charge in [-0.15, -0.1) is 0 Å². The van der Waals surface area contributed by atoms with E-state index < -0.39 is 7.12 Å². The van der Waals surface area contributed by atoms with Crippen molar-refractivity contribution in [1.82, 2.24) is 0 Å². The van der Waals surface area contributed by atoms with E-state index in [2.05, 4.69) is 4.21 Å². The first kappa shape index (κ1) is 8.39. The zero-order chi connectivity index (χ0) is 8.27. The lowest BCUT2D eigenvalue weighted by molar-refractivity contribution is 0.454. The minimum absolute atomic E-state index is 0.0651. The van der Waals surface area contributed by atoms with Crippen molar-refractivity contribution in [3.8, 4) is 5.75 Å². The van der Waals surface area contributed by atoms with Crippen molar-refractivity contribution in [2.45, 2.75) is 0 Å². The predicted octanol–water partition coefficient (Wildman–Crippen LogP) is 0.250. The molecular weight excluding hydrogens is 166 g/mol. The van der Waals surface area contributed by atoms with Crippen LogP contribution in [0.25, 0.3) is 0 Å². The smallest absolute Gasteiger partial charge is 0.508 e. The van der Waals surface area contributed by atoms with E-state index in [-0.39, 0.29) is 5.75 Å². The number of hydrogen-bond acceptors (Lipinski definition) is 3. The molecule has 11 heavy (non-hydrogen) atoms. The van der Waals surface area contributed by atoms with Gasteiger partial charge in [0.2, 0.25) is 0 Å². The molecule has 0 radical (unpaired) electrons. The Morgan fingerprint density at radius 2 is 2.18 bits per heavy atom. The maximum atomic E-state index is 8.99. The molecule has 0 saturated carbocycles. The maximum absolute atomic E-state index is 8.99. The van der Waals surface area contributed by atoms with Crippen LogP contribution in [-0.2, 0) is 4.21 Å². The number of hydrogen-bond donors (Lipinski definition) is 2. The van der Waals surface area contributed by atoms with Crippen LogP contribution >= 0.6 is 11.9 Å². The molecule has 0 unspecified atom stereocenters. The standard InChI is InChI=1S/C6H6BClO3/c8-11-7(10)5-2-1-3-6(9)4-5/h1-4,9-10H. The first-order valence-electron chi connectivity index (χ1n) is 2.98. The number of phenols is 1. The largest absolute Gasteiger partial charge is 0.508 e. The third-order valence-electron chi connectivity index (χ3n) is 1.24. The molecule has 0 saturated heterocycles. The molecule has 0 spiro atoms. The zero-order valence-corrected chi connectivity index (χ0v) is 6.32. The van der Waals surface area contributed by atoms with E-state index in [1.54, 1.807) is 12.1 Å². The number of rotatable bonds is 2. The molecule has 0 aliphatic rings. The highest BCUT2D eigenvalue weighted by atomic mass is 35.5. The second-order valence-electron chi connectivity index (χ2n) is 2.04. The minimum Gasteiger partial charge on any atom is -0.508 e. The molecule has 0 atom stereocenters. The quantitative estimate of drug-likeness (QED) is 0.629. The van der Waals surface area contributed by atoms with E-state index in [4.69, 9.17) is 22.0 Å². The Bertz CT molecular complexity index is 243. The van der Waals surface area contributed by atoms with Crippen molar-refractivity contribution in [2.75, 3.05) is 0 Å². The Hall–Kier alpha value is -0.705. The summed E-state index contributed by atoms with van der Waals surface area (Å²) in [7, 11) is -1.19. The molecule has 3 nitrogen and oxygen atoms in total. The van der Waals surface area contributed by atoms with Crippen LogP contribution < -0.4 is 5.46 Å². The summed E-state index contributed by atoms with van der Waals surface area (Å²) in [4.78, 5) is 0. The third-order valence-corrected chi connectivity index (χ3v) is 1.41. The summed E-state index contributed by atoms with van der Waals surface area (Å²) in [6.45, 7) is 0. The molecule has 0 aromatic heterocycles. The van der Waals surface area contributed by atoms with Crippen LogP contribution in [0.2, 0.25) is 0 Å². The Morgan fingerprint density at radius 1 is 1.45 bits per heavy atom. The third kappa shape index (κ3) is 2.11. The number of benzene rings is 1. The van der Waals surface area contributed by atoms with Crippen LogP contribution in [0.4, 0.5) is 0 Å². The van der Waals surface area contributed by atoms with Gasteiger partial charge in [0.15, 0.2) is 0 Å². The number of phenolic OH excluding ortho intramolecular Hbond substituents is 1. The van der Waals surface area contributed by atoms with Gasteiger partial charge in [0.25, 0.3) is 0 Å². The highest BCUT2D eigenvalue weighted by Gasteiger charge is 2.15. The van der Waals surface area contributed by atoms with Gasteiger partial charge in [-0.25, -0.2) is 0 Å². The molecule has 1 aromatic rings. The molecule has 0 aliphatic heterocycles. The van der Waals surface area contributed by atoms with Crippen molar-refractivity contribution >= 4 is 24.4 Å². The highest BCUT2D eigenvalue weighted by Crippen LogP contribution is 2.03. The molecule has 1 rings (SSSR count). The second kappa shape index (κ2) is 3.62. The van der Waals surface area contributed by atoms with Crippen molar-refractivity contribution in [2.24, 2.45) is 0 Å². The molecule has 1 aromatic carbocycles. The average molecular weight is 172 g/mol. The van der Waals surface area contributed by atoms with E-state index >= 15 is 0 Å². The van der Waals surface area contributed by atoms with Crippen LogP contribution in [0, 0.1) is 0 Å². The molecular formula is C6H6BClO3. The number of aromatic hydroxyl groups is 1. The summed E-state index contributed by atoms with van der Waals surface area (Å²) >= 11 is 4.91. The zero-order valence-electron chi connectivity index (χ0n) is 5.57. The monoisotopic (exact) mass is 172 g/mol. The molecule has 58 valence electrons. The van der Waals surface area contributed by atoms with Crippen LogP contribution in [0.15, 0.2) is 24.3 Å². The fourth-order valence-electron chi connectivity index (χ4n) is 0.730. The maximum Gasteiger partial charge on any atom is 0.508 e. The summed E-state index contributed by atoms with van der Waals surface area (Å²) in [5.74, 6) is 0.0651. The highest BCUT2D eigenvalue weighted by molar-refractivity contribution is 6.63. The Balaban J connectivity index is 2.86. The van der Waals surface area contributed by atoms with Gasteiger partial charge in [-0.05, 0) is 17.6 Å². The van der Waals surface area contributed by atoms with Gasteiger partial charge in [-0.1, -0.05) is 12.1 Å².